The van der Waals surface area contributed by atoms with Crippen LogP contribution in [0.2, 0.25) is 0 Å². The summed E-state index contributed by atoms with van der Waals surface area (Å²) in [5.41, 5.74) is 9.81. The van der Waals surface area contributed by atoms with Crippen LogP contribution in [-0.2, 0) is 38.1 Å². The van der Waals surface area contributed by atoms with E-state index in [0.717, 1.165) is 0 Å². The summed E-state index contributed by atoms with van der Waals surface area (Å²) in [6, 6.07) is 0. The molecule has 0 aliphatic heterocycles. The Balaban J connectivity index is -0.0000000910. The van der Waals surface area contributed by atoms with Gasteiger partial charge in [-0.2, -0.15) is 0 Å². The van der Waals surface area contributed by atoms with Crippen LogP contribution < -0.4 is 11.5 Å². The summed E-state index contributed by atoms with van der Waals surface area (Å²) in [6.07, 6.45) is 0. The molecule has 0 radical (unpaired) electrons. The predicted molar refractivity (Wildman–Crippen MR) is 28.6 cm³/mol. The van der Waals surface area contributed by atoms with Gasteiger partial charge in [-0.05, 0) is 0 Å². The molecule has 0 saturated heterocycles. The van der Waals surface area contributed by atoms with Crippen LogP contribution >= 0.6 is 0 Å². The summed E-state index contributed by atoms with van der Waals surface area (Å²) in [5, 5.41) is 0. The van der Waals surface area contributed by atoms with Gasteiger partial charge in [-0.15, -0.1) is 0 Å². The smallest absolute Gasteiger partial charge is 0.759 e. The Morgan fingerprint density at radius 1 is 1.10 bits per heavy atom. The molecule has 58 valence electrons. The van der Waals surface area contributed by atoms with Crippen LogP contribution in [0.5, 0.6) is 0 Å². The SMILES string of the molecule is NCCN.O=S(=O)([O-])[O-].[Hg+2]. The maximum atomic E-state index is 8.52. The summed E-state index contributed by atoms with van der Waals surface area (Å²) in [6.45, 7) is 1.19. The van der Waals surface area contributed by atoms with Gasteiger partial charge in [0.1, 0.15) is 0 Å². The number of hydrogen-bond acceptors (Lipinski definition) is 6. The number of hydrogen-bond donors (Lipinski definition) is 2. The van der Waals surface area contributed by atoms with Gasteiger partial charge in [0, 0.05) is 23.5 Å². The van der Waals surface area contributed by atoms with Crippen LogP contribution in [-0.4, -0.2) is 30.6 Å². The zero-order valence-electron chi connectivity index (χ0n) is 5.32. The molecule has 0 saturated carbocycles. The first kappa shape index (κ1) is 17.0. The molecule has 0 aliphatic rings. The number of nitrogens with two attached hydrogens (primary N) is 2. The molecule has 0 aromatic heterocycles. The van der Waals surface area contributed by atoms with Crippen LogP contribution in [0.4, 0.5) is 0 Å². The van der Waals surface area contributed by atoms with Crippen molar-refractivity contribution in [2.45, 2.75) is 0 Å². The van der Waals surface area contributed by atoms with E-state index in [1.807, 2.05) is 0 Å². The Morgan fingerprint density at radius 2 is 1.20 bits per heavy atom. The average molecular weight is 357 g/mol. The van der Waals surface area contributed by atoms with Crippen LogP contribution in [0.3, 0.4) is 0 Å². The molecule has 6 nitrogen and oxygen atoms in total. The second-order valence-electron chi connectivity index (χ2n) is 0.986. The van der Waals surface area contributed by atoms with E-state index < -0.39 is 10.4 Å². The van der Waals surface area contributed by atoms with Crippen LogP contribution in [0, 0.1) is 0 Å². The molecule has 0 aliphatic carbocycles. The molecule has 8 heteroatoms. The minimum Gasteiger partial charge on any atom is -0.759 e. The Hall–Kier alpha value is 0.725. The largest absolute Gasteiger partial charge is 2.00 e. The Bertz CT molecular complexity index is 124. The molecule has 0 bridgehead atoms. The van der Waals surface area contributed by atoms with Gasteiger partial charge in [0.15, 0.2) is 0 Å². The summed E-state index contributed by atoms with van der Waals surface area (Å²) in [5.74, 6) is 0. The molecule has 0 heterocycles. The first-order valence-corrected chi connectivity index (χ1v) is 3.32. The van der Waals surface area contributed by atoms with E-state index >= 15 is 0 Å². The summed E-state index contributed by atoms with van der Waals surface area (Å²) in [4.78, 5) is 0. The zero-order valence-corrected chi connectivity index (χ0v) is 11.6. The van der Waals surface area contributed by atoms with E-state index in [-0.39, 0.29) is 27.7 Å². The van der Waals surface area contributed by atoms with Gasteiger partial charge in [-0.3, -0.25) is 8.42 Å². The van der Waals surface area contributed by atoms with E-state index in [9.17, 15) is 0 Å². The first-order chi connectivity index (χ1) is 3.91. The third-order valence-corrected chi connectivity index (χ3v) is 0.167. The molecule has 0 aromatic rings. The topological polar surface area (TPSA) is 132 Å². The van der Waals surface area contributed by atoms with E-state index in [1.54, 1.807) is 0 Å². The van der Waals surface area contributed by atoms with Gasteiger partial charge in [-0.25, -0.2) is 0 Å². The van der Waals surface area contributed by atoms with E-state index in [0.29, 0.717) is 13.1 Å². The molecular weight excluding hydrogens is 349 g/mol. The fraction of sp³-hybridized carbons (Fsp3) is 1.00. The van der Waals surface area contributed by atoms with Crippen LogP contribution in [0.1, 0.15) is 0 Å². The van der Waals surface area contributed by atoms with Crippen LogP contribution in [0.15, 0.2) is 0 Å². The van der Waals surface area contributed by atoms with Crippen LogP contribution in [0.25, 0.3) is 0 Å². The predicted octanol–water partition coefficient (Wildman–Crippen LogP) is -2.44. The monoisotopic (exact) mass is 358 g/mol. The van der Waals surface area contributed by atoms with Crippen molar-refractivity contribution in [1.82, 2.24) is 0 Å². The first-order valence-electron chi connectivity index (χ1n) is 1.98. The fourth-order valence-electron chi connectivity index (χ4n) is 0. The second kappa shape index (κ2) is 9.73. The maximum Gasteiger partial charge on any atom is 2.00 e. The van der Waals surface area contributed by atoms with Gasteiger partial charge < -0.3 is 20.6 Å². The zero-order chi connectivity index (χ0) is 7.91. The summed E-state index contributed by atoms with van der Waals surface area (Å²) >= 11 is 0. The molecule has 0 unspecified atom stereocenters. The summed E-state index contributed by atoms with van der Waals surface area (Å²) in [7, 11) is -5.17. The van der Waals surface area contributed by atoms with Crippen molar-refractivity contribution in [2.24, 2.45) is 11.5 Å². The number of rotatable bonds is 1. The van der Waals surface area contributed by atoms with Gasteiger partial charge >= 0.3 is 27.7 Å². The molecular formula is C2H8HgN2O4S. The molecule has 0 fully saturated rings. The van der Waals surface area contributed by atoms with Crippen molar-refractivity contribution in [1.29, 1.82) is 0 Å². The molecule has 0 spiro atoms. The van der Waals surface area contributed by atoms with Crippen molar-refractivity contribution in [3.63, 3.8) is 0 Å². The van der Waals surface area contributed by atoms with E-state index in [4.69, 9.17) is 29.0 Å². The Kier molecular flexibility index (Phi) is 16.5. The molecule has 10 heavy (non-hydrogen) atoms. The molecule has 0 atom stereocenters. The van der Waals surface area contributed by atoms with Crippen molar-refractivity contribution in [3.8, 4) is 0 Å². The molecule has 0 aromatic carbocycles. The fourth-order valence-corrected chi connectivity index (χ4v) is 0. The van der Waals surface area contributed by atoms with Crippen molar-refractivity contribution >= 4 is 10.4 Å². The van der Waals surface area contributed by atoms with Crippen molar-refractivity contribution < 1.29 is 45.2 Å². The quantitative estimate of drug-likeness (QED) is 0.305. The van der Waals surface area contributed by atoms with E-state index in [1.165, 1.54) is 0 Å². The molecule has 0 amide bonds. The van der Waals surface area contributed by atoms with Gasteiger partial charge in [0.25, 0.3) is 0 Å². The summed E-state index contributed by atoms with van der Waals surface area (Å²) < 4.78 is 34.1. The van der Waals surface area contributed by atoms with Gasteiger partial charge in [-0.1, -0.05) is 0 Å². The van der Waals surface area contributed by atoms with Crippen molar-refractivity contribution in [2.75, 3.05) is 13.1 Å². The van der Waals surface area contributed by atoms with Gasteiger partial charge in [0.2, 0.25) is 0 Å². The second-order valence-corrected chi connectivity index (χ2v) is 1.80. The van der Waals surface area contributed by atoms with Gasteiger partial charge in [0.05, 0.1) is 0 Å². The molecule has 0 rings (SSSR count). The average Bonchev–Trinajstić information content (AvgIpc) is 1.61. The third-order valence-electron chi connectivity index (χ3n) is 0.167. The standard InChI is InChI=1S/C2H8N2.Hg.H2O4S/c3-1-2-4;;1-5(2,3)4/h1-4H2;;(H2,1,2,3,4)/q;+2;/p-2. The molecule has 4 N–H and O–H groups in total. The Labute approximate surface area is 80.1 Å². The maximum absolute atomic E-state index is 8.52. The normalized spacial score (nSPS) is 8.80. The third kappa shape index (κ3) is 175. The van der Waals surface area contributed by atoms with Crippen molar-refractivity contribution in [3.05, 3.63) is 0 Å². The van der Waals surface area contributed by atoms with E-state index in [2.05, 4.69) is 0 Å². The minimum atomic E-state index is -5.17. The minimum absolute atomic E-state index is 0. The Morgan fingerprint density at radius 3 is 1.20 bits per heavy atom.